The van der Waals surface area contributed by atoms with Crippen LogP contribution in [0.5, 0.6) is 5.75 Å². The number of benzene rings is 1. The highest BCUT2D eigenvalue weighted by Crippen LogP contribution is 2.34. The first-order chi connectivity index (χ1) is 10.3. The number of hydrogen-bond donors (Lipinski definition) is 2. The first-order valence-corrected chi connectivity index (χ1v) is 6.69. The van der Waals surface area contributed by atoms with E-state index in [0.29, 0.717) is 28.4 Å². The first kappa shape index (κ1) is 15.7. The summed E-state index contributed by atoms with van der Waals surface area (Å²) in [5.74, 6) is 0.946. The molecule has 1 heterocycles. The lowest BCUT2D eigenvalue weighted by molar-refractivity contribution is 0.0636. The number of nitrogens with one attached hydrogen (secondary N) is 1. The normalized spacial score (nSPS) is 11.1. The Labute approximate surface area is 128 Å². The zero-order valence-corrected chi connectivity index (χ0v) is 13.0. The third-order valence-electron chi connectivity index (χ3n) is 2.70. The zero-order chi connectivity index (χ0) is 16.3. The van der Waals surface area contributed by atoms with Crippen LogP contribution in [0.3, 0.4) is 0 Å². The SMILES string of the molecule is COc1ccc(-c2oncc2N)c(NC(=O)OC(C)(C)C)c1. The molecule has 0 aliphatic carbocycles. The van der Waals surface area contributed by atoms with Crippen molar-refractivity contribution in [3.8, 4) is 17.1 Å². The van der Waals surface area contributed by atoms with Crippen LogP contribution in [0.4, 0.5) is 16.2 Å². The highest BCUT2D eigenvalue weighted by molar-refractivity contribution is 5.93. The molecule has 0 radical (unpaired) electrons. The molecule has 1 aromatic heterocycles. The standard InChI is InChI=1S/C15H19N3O4/c1-15(2,3)21-14(19)18-12-7-9(20-4)5-6-10(12)13-11(16)8-17-22-13/h5-8H,16H2,1-4H3,(H,18,19). The Hall–Kier alpha value is -2.70. The molecule has 0 aliphatic heterocycles. The summed E-state index contributed by atoms with van der Waals surface area (Å²) >= 11 is 0. The molecule has 7 nitrogen and oxygen atoms in total. The van der Waals surface area contributed by atoms with Gasteiger partial charge in [-0.3, -0.25) is 5.32 Å². The predicted octanol–water partition coefficient (Wildman–Crippen LogP) is 3.28. The van der Waals surface area contributed by atoms with E-state index in [1.165, 1.54) is 13.3 Å². The monoisotopic (exact) mass is 305 g/mol. The molecule has 1 aromatic carbocycles. The van der Waals surface area contributed by atoms with Crippen molar-refractivity contribution < 1.29 is 18.8 Å². The predicted molar refractivity (Wildman–Crippen MR) is 82.8 cm³/mol. The van der Waals surface area contributed by atoms with E-state index in [2.05, 4.69) is 10.5 Å². The minimum absolute atomic E-state index is 0.369. The second-order valence-corrected chi connectivity index (χ2v) is 5.65. The Morgan fingerprint density at radius 3 is 2.64 bits per heavy atom. The zero-order valence-electron chi connectivity index (χ0n) is 13.0. The van der Waals surface area contributed by atoms with Crippen LogP contribution in [0.15, 0.2) is 28.9 Å². The average Bonchev–Trinajstić information content (AvgIpc) is 2.82. The number of nitrogens with zero attached hydrogens (tertiary/aromatic N) is 1. The molecule has 0 aliphatic rings. The molecular formula is C15H19N3O4. The summed E-state index contributed by atoms with van der Waals surface area (Å²) in [5, 5.41) is 6.32. The average molecular weight is 305 g/mol. The molecule has 22 heavy (non-hydrogen) atoms. The van der Waals surface area contributed by atoms with E-state index >= 15 is 0 Å². The van der Waals surface area contributed by atoms with Gasteiger partial charge in [-0.15, -0.1) is 0 Å². The van der Waals surface area contributed by atoms with Crippen LogP contribution < -0.4 is 15.8 Å². The van der Waals surface area contributed by atoms with Crippen LogP contribution in [0.1, 0.15) is 20.8 Å². The second-order valence-electron chi connectivity index (χ2n) is 5.65. The highest BCUT2D eigenvalue weighted by atomic mass is 16.6. The number of carbonyl (C=O) groups excluding carboxylic acids is 1. The molecule has 3 N–H and O–H groups in total. The third kappa shape index (κ3) is 3.69. The van der Waals surface area contributed by atoms with Crippen LogP contribution in [-0.4, -0.2) is 24.0 Å². The molecule has 0 saturated heterocycles. The lowest BCUT2D eigenvalue weighted by Crippen LogP contribution is -2.27. The van der Waals surface area contributed by atoms with Crippen molar-refractivity contribution in [2.45, 2.75) is 26.4 Å². The lowest BCUT2D eigenvalue weighted by atomic mass is 10.1. The lowest BCUT2D eigenvalue weighted by Gasteiger charge is -2.20. The van der Waals surface area contributed by atoms with Gasteiger partial charge in [0.15, 0.2) is 5.76 Å². The van der Waals surface area contributed by atoms with Crippen LogP contribution in [-0.2, 0) is 4.74 Å². The van der Waals surface area contributed by atoms with E-state index in [-0.39, 0.29) is 0 Å². The number of amides is 1. The molecule has 0 atom stereocenters. The number of methoxy groups -OCH3 is 1. The number of hydrogen-bond acceptors (Lipinski definition) is 6. The molecule has 7 heteroatoms. The van der Waals surface area contributed by atoms with Gasteiger partial charge in [-0.25, -0.2) is 4.79 Å². The van der Waals surface area contributed by atoms with Crippen molar-refractivity contribution in [2.24, 2.45) is 0 Å². The van der Waals surface area contributed by atoms with Gasteiger partial charge in [-0.05, 0) is 32.9 Å². The number of anilines is 2. The Balaban J connectivity index is 2.36. The van der Waals surface area contributed by atoms with Crippen molar-refractivity contribution in [1.29, 1.82) is 0 Å². The van der Waals surface area contributed by atoms with Crippen molar-refractivity contribution in [3.63, 3.8) is 0 Å². The maximum absolute atomic E-state index is 12.0. The van der Waals surface area contributed by atoms with Gasteiger partial charge in [0.1, 0.15) is 17.0 Å². The van der Waals surface area contributed by atoms with Crippen LogP contribution in [0.2, 0.25) is 0 Å². The number of aromatic nitrogens is 1. The minimum Gasteiger partial charge on any atom is -0.497 e. The number of nitrogens with two attached hydrogens (primary N) is 1. The topological polar surface area (TPSA) is 99.6 Å². The molecule has 2 rings (SSSR count). The minimum atomic E-state index is -0.603. The maximum Gasteiger partial charge on any atom is 0.412 e. The van der Waals surface area contributed by atoms with Crippen LogP contribution in [0.25, 0.3) is 11.3 Å². The van der Waals surface area contributed by atoms with Gasteiger partial charge < -0.3 is 19.7 Å². The van der Waals surface area contributed by atoms with Gasteiger partial charge in [0, 0.05) is 11.6 Å². The van der Waals surface area contributed by atoms with Gasteiger partial charge in [0.25, 0.3) is 0 Å². The molecule has 0 fully saturated rings. The molecule has 0 saturated carbocycles. The van der Waals surface area contributed by atoms with Gasteiger partial charge in [-0.2, -0.15) is 0 Å². The third-order valence-corrected chi connectivity index (χ3v) is 2.70. The molecular weight excluding hydrogens is 286 g/mol. The molecule has 1 amide bonds. The Kier molecular flexibility index (Phi) is 4.25. The number of ether oxygens (including phenoxy) is 2. The van der Waals surface area contributed by atoms with E-state index in [1.807, 2.05) is 0 Å². The summed E-state index contributed by atoms with van der Waals surface area (Å²) in [5.41, 5.74) is 6.62. The number of rotatable bonds is 3. The highest BCUT2D eigenvalue weighted by Gasteiger charge is 2.20. The van der Waals surface area contributed by atoms with Crippen LogP contribution >= 0.6 is 0 Å². The molecule has 0 bridgehead atoms. The summed E-state index contributed by atoms with van der Waals surface area (Å²) < 4.78 is 15.6. The number of nitrogen functional groups attached to an aromatic ring is 1. The van der Waals surface area contributed by atoms with Crippen LogP contribution in [0, 0.1) is 0 Å². The van der Waals surface area contributed by atoms with E-state index in [0.717, 1.165) is 0 Å². The Morgan fingerprint density at radius 2 is 2.09 bits per heavy atom. The van der Waals surface area contributed by atoms with E-state index < -0.39 is 11.7 Å². The molecule has 118 valence electrons. The summed E-state index contributed by atoms with van der Waals surface area (Å²) in [4.78, 5) is 12.0. The Morgan fingerprint density at radius 1 is 1.36 bits per heavy atom. The van der Waals surface area contributed by atoms with Gasteiger partial charge in [0.2, 0.25) is 0 Å². The van der Waals surface area contributed by atoms with Gasteiger partial charge in [0.05, 0.1) is 19.0 Å². The quantitative estimate of drug-likeness (QED) is 0.902. The van der Waals surface area contributed by atoms with Gasteiger partial charge in [-0.1, -0.05) is 5.16 Å². The summed E-state index contributed by atoms with van der Waals surface area (Å²) in [7, 11) is 1.54. The second kappa shape index (κ2) is 5.97. The number of carbonyl (C=O) groups is 1. The fraction of sp³-hybridized carbons (Fsp3) is 0.333. The molecule has 2 aromatic rings. The first-order valence-electron chi connectivity index (χ1n) is 6.69. The molecule has 0 spiro atoms. The van der Waals surface area contributed by atoms with Gasteiger partial charge >= 0.3 is 6.09 Å². The Bertz CT molecular complexity index is 674. The van der Waals surface area contributed by atoms with E-state index in [9.17, 15) is 4.79 Å². The smallest absolute Gasteiger partial charge is 0.412 e. The van der Waals surface area contributed by atoms with E-state index in [1.54, 1.807) is 39.0 Å². The van der Waals surface area contributed by atoms with Crippen molar-refractivity contribution in [3.05, 3.63) is 24.4 Å². The largest absolute Gasteiger partial charge is 0.497 e. The fourth-order valence-electron chi connectivity index (χ4n) is 1.82. The fourth-order valence-corrected chi connectivity index (χ4v) is 1.82. The van der Waals surface area contributed by atoms with Crippen molar-refractivity contribution in [1.82, 2.24) is 5.16 Å². The maximum atomic E-state index is 12.0. The van der Waals surface area contributed by atoms with Crippen molar-refractivity contribution in [2.75, 3.05) is 18.2 Å². The van der Waals surface area contributed by atoms with E-state index in [4.69, 9.17) is 19.7 Å². The molecule has 0 unspecified atom stereocenters. The summed E-state index contributed by atoms with van der Waals surface area (Å²) in [6.07, 6.45) is 0.816. The summed E-state index contributed by atoms with van der Waals surface area (Å²) in [6.45, 7) is 5.36. The van der Waals surface area contributed by atoms with Crippen molar-refractivity contribution >= 4 is 17.5 Å². The summed E-state index contributed by atoms with van der Waals surface area (Å²) in [6, 6.07) is 5.11.